The van der Waals surface area contributed by atoms with Crippen LogP contribution in [0, 0.1) is 17.6 Å². The fourth-order valence-corrected chi connectivity index (χ4v) is 8.56. The lowest BCUT2D eigenvalue weighted by Gasteiger charge is -2.39. The number of amides is 7. The second kappa shape index (κ2) is 18.6. The summed E-state index contributed by atoms with van der Waals surface area (Å²) in [5, 5.41) is 10.6. The van der Waals surface area contributed by atoms with Gasteiger partial charge in [0.15, 0.2) is 0 Å². The third-order valence-electron chi connectivity index (χ3n) is 11.7. The molecule has 7 amide bonds. The van der Waals surface area contributed by atoms with Crippen molar-refractivity contribution in [3.05, 3.63) is 59.7 Å². The van der Waals surface area contributed by atoms with Crippen molar-refractivity contribution in [2.45, 2.75) is 108 Å². The third kappa shape index (κ3) is 9.96. The molecule has 324 valence electrons. The first kappa shape index (κ1) is 43.8. The summed E-state index contributed by atoms with van der Waals surface area (Å²) in [5.74, 6) is -5.97. The molecule has 0 bridgehead atoms. The van der Waals surface area contributed by atoms with Crippen LogP contribution in [0.25, 0.3) is 0 Å². The monoisotopic (exact) mass is 836 g/mol. The summed E-state index contributed by atoms with van der Waals surface area (Å²) in [4.78, 5) is 104. The van der Waals surface area contributed by atoms with Crippen LogP contribution < -0.4 is 26.2 Å². The topological polar surface area (TPSA) is 190 Å². The number of carbonyl (C=O) groups excluding carboxylic acids is 7. The standard InChI is InChI=1S/C42H54F2N8O8/c1-23-17-34-41(58)60-25(3)35(40(57)51-16-8-10-33(51)39(56)50-15-7-6-9-32(50)37(54)45-24(2)38(55)52(34)22-23)48-36(53)31(20-26-18-27(43)21-28(44)19-26)47-42(59)46-29-11-13-30(14-12-29)49(4)5/h11-14,18-19,21,23-25,31-35H,6-10,15-17,20,22H2,1-5H3,(H,45,54)(H,48,53)(H2,46,47,59)/t23-,24+,25+,31+,32+,33+,34+,35+/m1/s1. The second-order valence-corrected chi connectivity index (χ2v) is 16.5. The number of carbonyl (C=O) groups is 7. The van der Waals surface area contributed by atoms with E-state index in [4.69, 9.17) is 4.74 Å². The fourth-order valence-electron chi connectivity index (χ4n) is 8.56. The summed E-state index contributed by atoms with van der Waals surface area (Å²) < 4.78 is 34.6. The number of esters is 1. The molecule has 6 rings (SSSR count). The number of halogens is 2. The highest BCUT2D eigenvalue weighted by Gasteiger charge is 2.47. The quantitative estimate of drug-likeness (QED) is 0.304. The van der Waals surface area contributed by atoms with Crippen molar-refractivity contribution in [1.29, 1.82) is 0 Å². The Morgan fingerprint density at radius 3 is 2.17 bits per heavy atom. The zero-order valence-corrected chi connectivity index (χ0v) is 34.5. The molecule has 0 unspecified atom stereocenters. The number of nitrogens with zero attached hydrogens (tertiary/aromatic N) is 4. The fraction of sp³-hybridized carbons (Fsp3) is 0.548. The molecular weight excluding hydrogens is 783 g/mol. The highest BCUT2D eigenvalue weighted by atomic mass is 19.1. The summed E-state index contributed by atoms with van der Waals surface area (Å²) in [6.07, 6.45) is 0.783. The number of hydrogen-bond acceptors (Lipinski definition) is 9. The number of hydrogen-bond donors (Lipinski definition) is 4. The number of rotatable bonds is 7. The van der Waals surface area contributed by atoms with E-state index in [0.29, 0.717) is 37.4 Å². The van der Waals surface area contributed by atoms with Gasteiger partial charge in [-0.1, -0.05) is 6.92 Å². The van der Waals surface area contributed by atoms with Gasteiger partial charge in [-0.25, -0.2) is 18.4 Å². The van der Waals surface area contributed by atoms with Gasteiger partial charge in [-0.15, -0.1) is 0 Å². The number of piperidine rings is 1. The van der Waals surface area contributed by atoms with Crippen LogP contribution in [0.15, 0.2) is 42.5 Å². The van der Waals surface area contributed by atoms with Crippen molar-refractivity contribution in [3.8, 4) is 0 Å². The molecule has 18 heteroatoms. The van der Waals surface area contributed by atoms with E-state index >= 15 is 0 Å². The van der Waals surface area contributed by atoms with Gasteiger partial charge in [0.1, 0.15) is 54.0 Å². The van der Waals surface area contributed by atoms with Crippen molar-refractivity contribution in [1.82, 2.24) is 30.7 Å². The third-order valence-corrected chi connectivity index (χ3v) is 11.7. The van der Waals surface area contributed by atoms with E-state index in [2.05, 4.69) is 21.3 Å². The van der Waals surface area contributed by atoms with Crippen LogP contribution in [0.4, 0.5) is 25.0 Å². The maximum Gasteiger partial charge on any atom is 0.329 e. The van der Waals surface area contributed by atoms with Crippen LogP contribution in [0.2, 0.25) is 0 Å². The maximum absolute atomic E-state index is 14.7. The van der Waals surface area contributed by atoms with Gasteiger partial charge in [0, 0.05) is 57.6 Å². The summed E-state index contributed by atoms with van der Waals surface area (Å²) in [7, 11) is 3.70. The average molecular weight is 837 g/mol. The predicted octanol–water partition coefficient (Wildman–Crippen LogP) is 2.31. The minimum atomic E-state index is -1.62. The van der Waals surface area contributed by atoms with E-state index in [1.54, 1.807) is 24.3 Å². The van der Waals surface area contributed by atoms with Gasteiger partial charge in [0.25, 0.3) is 0 Å². The number of nitrogens with one attached hydrogen (secondary N) is 4. The Hall–Kier alpha value is -5.81. The summed E-state index contributed by atoms with van der Waals surface area (Å²) >= 11 is 0. The molecule has 0 aromatic heterocycles. The molecule has 2 aromatic carbocycles. The molecule has 4 heterocycles. The van der Waals surface area contributed by atoms with Gasteiger partial charge in [-0.2, -0.15) is 0 Å². The van der Waals surface area contributed by atoms with Gasteiger partial charge in [0.2, 0.25) is 29.5 Å². The summed E-state index contributed by atoms with van der Waals surface area (Å²) in [6.45, 7) is 5.37. The van der Waals surface area contributed by atoms with Gasteiger partial charge in [0.05, 0.1) is 0 Å². The largest absolute Gasteiger partial charge is 0.458 e. The lowest BCUT2D eigenvalue weighted by Crippen LogP contribution is -2.63. The molecule has 0 spiro atoms. The number of fused-ring (bicyclic) bond motifs is 3. The highest BCUT2D eigenvalue weighted by molar-refractivity contribution is 5.99. The molecule has 60 heavy (non-hydrogen) atoms. The van der Waals surface area contributed by atoms with E-state index < -0.39 is 102 Å². The Morgan fingerprint density at radius 1 is 0.833 bits per heavy atom. The first-order chi connectivity index (χ1) is 28.5. The minimum Gasteiger partial charge on any atom is -0.458 e. The summed E-state index contributed by atoms with van der Waals surface area (Å²) in [5.41, 5.74) is 1.26. The predicted molar refractivity (Wildman–Crippen MR) is 215 cm³/mol. The number of ether oxygens (including phenoxy) is 1. The van der Waals surface area contributed by atoms with Gasteiger partial charge in [-0.05, 0) is 100 Å². The van der Waals surface area contributed by atoms with Crippen molar-refractivity contribution in [2.75, 3.05) is 43.9 Å². The molecule has 0 radical (unpaired) electrons. The van der Waals surface area contributed by atoms with E-state index in [9.17, 15) is 42.3 Å². The Balaban J connectivity index is 1.33. The molecule has 4 saturated heterocycles. The number of benzene rings is 2. The molecule has 0 aliphatic carbocycles. The molecule has 4 aliphatic rings. The summed E-state index contributed by atoms with van der Waals surface area (Å²) in [6, 6.07) is 1.51. The Labute approximate surface area is 347 Å². The molecule has 0 saturated carbocycles. The first-order valence-corrected chi connectivity index (χ1v) is 20.5. The molecule has 8 atom stereocenters. The molecule has 4 aliphatic heterocycles. The zero-order chi connectivity index (χ0) is 43.4. The number of anilines is 2. The number of urea groups is 1. The smallest absolute Gasteiger partial charge is 0.329 e. The van der Waals surface area contributed by atoms with Crippen molar-refractivity contribution >= 4 is 52.9 Å². The van der Waals surface area contributed by atoms with Gasteiger partial charge < -0.3 is 45.6 Å². The maximum atomic E-state index is 14.7. The van der Waals surface area contributed by atoms with Crippen molar-refractivity contribution < 1.29 is 47.1 Å². The number of cyclic esters (lactones) is 1. The zero-order valence-electron chi connectivity index (χ0n) is 34.5. The Morgan fingerprint density at radius 2 is 1.48 bits per heavy atom. The molecule has 16 nitrogen and oxygen atoms in total. The van der Waals surface area contributed by atoms with E-state index in [0.717, 1.165) is 17.8 Å². The van der Waals surface area contributed by atoms with Crippen LogP contribution in [-0.2, 0) is 39.9 Å². The normalized spacial score (nSPS) is 26.9. The van der Waals surface area contributed by atoms with Crippen LogP contribution in [0.3, 0.4) is 0 Å². The molecule has 4 fully saturated rings. The van der Waals surface area contributed by atoms with Crippen molar-refractivity contribution in [3.63, 3.8) is 0 Å². The van der Waals surface area contributed by atoms with Crippen LogP contribution in [0.1, 0.15) is 64.9 Å². The van der Waals surface area contributed by atoms with E-state index in [1.165, 1.54) is 28.5 Å². The lowest BCUT2D eigenvalue weighted by molar-refractivity contribution is -0.163. The second-order valence-electron chi connectivity index (χ2n) is 16.5. The van der Waals surface area contributed by atoms with Crippen LogP contribution >= 0.6 is 0 Å². The molecular formula is C42H54F2N8O8. The van der Waals surface area contributed by atoms with Gasteiger partial charge >= 0.3 is 12.0 Å². The van der Waals surface area contributed by atoms with E-state index in [1.807, 2.05) is 25.9 Å². The van der Waals surface area contributed by atoms with Gasteiger partial charge in [-0.3, -0.25) is 24.0 Å². The van der Waals surface area contributed by atoms with Crippen LogP contribution in [0.5, 0.6) is 0 Å². The highest BCUT2D eigenvalue weighted by Crippen LogP contribution is 2.29. The SMILES string of the molecule is C[C@@H]1C[C@H]2C(=O)O[C@@H](C)[C@H](NC(=O)[C@H](Cc3cc(F)cc(F)c3)NC(=O)Nc3ccc(N(C)C)cc3)C(=O)N3CCC[C@H]3C(=O)N3CCCC[C@H]3C(=O)N[C@@H](C)C(=O)N2C1. The Kier molecular flexibility index (Phi) is 13.6. The van der Waals surface area contributed by atoms with Crippen LogP contribution in [-0.4, -0.2) is 132 Å². The minimum absolute atomic E-state index is 0.0201. The average Bonchev–Trinajstić information content (AvgIpc) is 3.85. The molecule has 2 aromatic rings. The lowest BCUT2D eigenvalue weighted by atomic mass is 9.99. The molecule has 4 N–H and O–H groups in total. The van der Waals surface area contributed by atoms with Crippen molar-refractivity contribution in [2.24, 2.45) is 5.92 Å². The first-order valence-electron chi connectivity index (χ1n) is 20.5. The van der Waals surface area contributed by atoms with E-state index in [-0.39, 0.29) is 44.0 Å². The Bertz CT molecular complexity index is 1960.